The summed E-state index contributed by atoms with van der Waals surface area (Å²) in [5, 5.41) is 13.3. The third kappa shape index (κ3) is 3.97. The maximum atomic E-state index is 12.3. The Labute approximate surface area is 148 Å². The number of nitriles is 1. The Kier molecular flexibility index (Phi) is 5.53. The largest absolute Gasteiger partial charge is 0.479 e. The third-order valence-electron chi connectivity index (χ3n) is 3.30. The van der Waals surface area contributed by atoms with Gasteiger partial charge in [-0.25, -0.2) is 0 Å². The summed E-state index contributed by atoms with van der Waals surface area (Å²) in [5.41, 5.74) is 1.36. The van der Waals surface area contributed by atoms with E-state index in [2.05, 4.69) is 11.4 Å². The number of hydrogen-bond donors (Lipinski definition) is 1. The first-order chi connectivity index (χ1) is 10.8. The Morgan fingerprint density at radius 1 is 1.39 bits per heavy atom. The summed E-state index contributed by atoms with van der Waals surface area (Å²) >= 11 is 13.2. The van der Waals surface area contributed by atoms with E-state index in [0.29, 0.717) is 26.4 Å². The van der Waals surface area contributed by atoms with E-state index in [4.69, 9.17) is 27.9 Å². The van der Waals surface area contributed by atoms with E-state index in [0.717, 1.165) is 10.4 Å². The number of nitrogens with zero attached hydrogens (tertiary/aromatic N) is 1. The number of rotatable bonds is 4. The highest BCUT2D eigenvalue weighted by molar-refractivity contribution is 7.16. The Morgan fingerprint density at radius 2 is 2.09 bits per heavy atom. The first kappa shape index (κ1) is 17.6. The number of benzene rings is 1. The number of anilines is 1. The minimum atomic E-state index is -0.775. The smallest absolute Gasteiger partial charge is 0.265 e. The summed E-state index contributed by atoms with van der Waals surface area (Å²) in [7, 11) is 0. The van der Waals surface area contributed by atoms with Crippen LogP contribution in [0, 0.1) is 25.2 Å². The molecule has 0 radical (unpaired) electrons. The van der Waals surface area contributed by atoms with Crippen LogP contribution >= 0.6 is 34.5 Å². The van der Waals surface area contributed by atoms with Crippen molar-refractivity contribution in [1.29, 1.82) is 5.26 Å². The molecule has 0 aliphatic carbocycles. The molecule has 7 heteroatoms. The minimum absolute atomic E-state index is 0.331. The van der Waals surface area contributed by atoms with Crippen LogP contribution in [0.1, 0.15) is 22.9 Å². The van der Waals surface area contributed by atoms with Crippen molar-refractivity contribution >= 4 is 45.4 Å². The fourth-order valence-electron chi connectivity index (χ4n) is 1.88. The van der Waals surface area contributed by atoms with Crippen LogP contribution in [0.25, 0.3) is 0 Å². The molecule has 0 saturated carbocycles. The summed E-state index contributed by atoms with van der Waals surface area (Å²) < 4.78 is 5.56. The number of aryl methyl sites for hydroxylation is 1. The number of carbonyl (C=O) groups excluding carboxylic acids is 1. The third-order valence-corrected chi connectivity index (χ3v) is 4.95. The van der Waals surface area contributed by atoms with E-state index < -0.39 is 6.10 Å². The lowest BCUT2D eigenvalue weighted by Crippen LogP contribution is -2.30. The minimum Gasteiger partial charge on any atom is -0.479 e. The predicted molar refractivity (Wildman–Crippen MR) is 93.7 cm³/mol. The van der Waals surface area contributed by atoms with Crippen LogP contribution in [0.15, 0.2) is 18.2 Å². The molecule has 0 aliphatic heterocycles. The lowest BCUT2D eigenvalue weighted by Gasteiger charge is -2.15. The molecule has 0 fully saturated rings. The highest BCUT2D eigenvalue weighted by Gasteiger charge is 2.20. The van der Waals surface area contributed by atoms with Crippen LogP contribution in [0.2, 0.25) is 10.0 Å². The van der Waals surface area contributed by atoms with E-state index in [9.17, 15) is 10.1 Å². The molecule has 120 valence electrons. The molecule has 0 saturated heterocycles. The van der Waals surface area contributed by atoms with Crippen molar-refractivity contribution < 1.29 is 9.53 Å². The normalized spacial score (nSPS) is 11.7. The topological polar surface area (TPSA) is 62.1 Å². The van der Waals surface area contributed by atoms with E-state index >= 15 is 0 Å². The number of carbonyl (C=O) groups is 1. The Hall–Kier alpha value is -1.74. The highest BCUT2D eigenvalue weighted by atomic mass is 35.5. The average molecular weight is 369 g/mol. The van der Waals surface area contributed by atoms with Gasteiger partial charge in [-0.05, 0) is 44.5 Å². The molecule has 23 heavy (non-hydrogen) atoms. The second-order valence-corrected chi connectivity index (χ2v) is 6.99. The van der Waals surface area contributed by atoms with Crippen LogP contribution < -0.4 is 10.1 Å². The van der Waals surface area contributed by atoms with Crippen molar-refractivity contribution in [1.82, 2.24) is 0 Å². The van der Waals surface area contributed by atoms with Gasteiger partial charge >= 0.3 is 0 Å². The van der Waals surface area contributed by atoms with Crippen LogP contribution in [-0.4, -0.2) is 12.0 Å². The summed E-state index contributed by atoms with van der Waals surface area (Å²) in [6.07, 6.45) is -0.775. The van der Waals surface area contributed by atoms with Gasteiger partial charge in [0, 0.05) is 9.90 Å². The SMILES string of the molecule is Cc1sc(NC(=O)C(C)Oc2ccc(Cl)cc2Cl)c(C#N)c1C. The number of hydrogen-bond acceptors (Lipinski definition) is 4. The van der Waals surface area contributed by atoms with Crippen LogP contribution in [0.4, 0.5) is 5.00 Å². The van der Waals surface area contributed by atoms with Gasteiger partial charge in [-0.3, -0.25) is 4.79 Å². The number of amides is 1. The lowest BCUT2D eigenvalue weighted by molar-refractivity contribution is -0.122. The van der Waals surface area contributed by atoms with Gasteiger partial charge in [0.05, 0.1) is 10.6 Å². The fraction of sp³-hybridized carbons (Fsp3) is 0.250. The summed E-state index contributed by atoms with van der Waals surface area (Å²) in [4.78, 5) is 13.3. The van der Waals surface area contributed by atoms with Gasteiger partial charge in [0.15, 0.2) is 6.10 Å². The molecule has 0 bridgehead atoms. The monoisotopic (exact) mass is 368 g/mol. The maximum absolute atomic E-state index is 12.3. The Morgan fingerprint density at radius 3 is 2.70 bits per heavy atom. The van der Waals surface area contributed by atoms with Crippen molar-refractivity contribution in [3.05, 3.63) is 44.2 Å². The van der Waals surface area contributed by atoms with Gasteiger partial charge in [-0.2, -0.15) is 5.26 Å². The van der Waals surface area contributed by atoms with E-state index in [1.165, 1.54) is 11.3 Å². The van der Waals surface area contributed by atoms with E-state index in [-0.39, 0.29) is 5.91 Å². The van der Waals surface area contributed by atoms with Gasteiger partial charge in [-0.15, -0.1) is 11.3 Å². The van der Waals surface area contributed by atoms with Crippen molar-refractivity contribution in [2.45, 2.75) is 26.9 Å². The molecule has 0 aliphatic rings. The number of ether oxygens (including phenoxy) is 1. The quantitative estimate of drug-likeness (QED) is 0.830. The molecule has 4 nitrogen and oxygen atoms in total. The van der Waals surface area contributed by atoms with Gasteiger partial charge in [-0.1, -0.05) is 23.2 Å². The Bertz CT molecular complexity index is 796. The summed E-state index contributed by atoms with van der Waals surface area (Å²) in [5.74, 6) is 0.0199. The first-order valence-corrected chi connectivity index (χ1v) is 8.33. The molecule has 1 N–H and O–H groups in total. The molecule has 2 aromatic rings. The van der Waals surface area contributed by atoms with E-state index in [1.54, 1.807) is 25.1 Å². The predicted octanol–water partition coefficient (Wildman–Crippen LogP) is 4.95. The fourth-order valence-corrected chi connectivity index (χ4v) is 3.34. The standard InChI is InChI=1S/C16H14Cl2N2O2S/c1-8-10(3)23-16(12(8)7-19)20-15(21)9(2)22-14-5-4-11(17)6-13(14)18/h4-6,9H,1-3H3,(H,20,21). The molecule has 1 heterocycles. The van der Waals surface area contributed by atoms with Crippen molar-refractivity contribution in [3.63, 3.8) is 0 Å². The summed E-state index contributed by atoms with van der Waals surface area (Å²) in [6.45, 7) is 5.37. The maximum Gasteiger partial charge on any atom is 0.265 e. The Balaban J connectivity index is 2.12. The molecule has 1 aromatic carbocycles. The molecule has 1 aromatic heterocycles. The zero-order valence-corrected chi connectivity index (χ0v) is 15.1. The van der Waals surface area contributed by atoms with Crippen molar-refractivity contribution in [2.24, 2.45) is 0 Å². The van der Waals surface area contributed by atoms with Crippen LogP contribution in [0.5, 0.6) is 5.75 Å². The number of thiophene rings is 1. The molecule has 0 spiro atoms. The molecular weight excluding hydrogens is 355 g/mol. The zero-order valence-electron chi connectivity index (χ0n) is 12.7. The molecular formula is C16H14Cl2N2O2S. The second-order valence-electron chi connectivity index (χ2n) is 4.92. The van der Waals surface area contributed by atoms with Gasteiger partial charge < -0.3 is 10.1 Å². The van der Waals surface area contributed by atoms with E-state index in [1.807, 2.05) is 13.8 Å². The second kappa shape index (κ2) is 7.22. The summed E-state index contributed by atoms with van der Waals surface area (Å²) in [6, 6.07) is 6.90. The molecule has 1 unspecified atom stereocenters. The lowest BCUT2D eigenvalue weighted by atomic mass is 10.2. The van der Waals surface area contributed by atoms with Gasteiger partial charge in [0.1, 0.15) is 16.8 Å². The average Bonchev–Trinajstić information content (AvgIpc) is 2.76. The van der Waals surface area contributed by atoms with Crippen molar-refractivity contribution in [2.75, 3.05) is 5.32 Å². The van der Waals surface area contributed by atoms with Crippen LogP contribution in [-0.2, 0) is 4.79 Å². The zero-order chi connectivity index (χ0) is 17.1. The molecule has 2 rings (SSSR count). The van der Waals surface area contributed by atoms with Gasteiger partial charge in [0.2, 0.25) is 0 Å². The van der Waals surface area contributed by atoms with Crippen molar-refractivity contribution in [3.8, 4) is 11.8 Å². The molecule has 1 atom stereocenters. The first-order valence-electron chi connectivity index (χ1n) is 6.76. The molecule has 1 amide bonds. The highest BCUT2D eigenvalue weighted by Crippen LogP contribution is 2.32. The number of nitrogens with one attached hydrogen (secondary N) is 1. The number of halogens is 2. The van der Waals surface area contributed by atoms with Gasteiger partial charge in [0.25, 0.3) is 5.91 Å². The van der Waals surface area contributed by atoms with Crippen LogP contribution in [0.3, 0.4) is 0 Å².